The van der Waals surface area contributed by atoms with E-state index in [4.69, 9.17) is 11.0 Å². The highest BCUT2D eigenvalue weighted by Gasteiger charge is 2.50. The van der Waals surface area contributed by atoms with Crippen LogP contribution in [-0.4, -0.2) is 122 Å². The van der Waals surface area contributed by atoms with Crippen LogP contribution in [0.2, 0.25) is 0 Å². The molecule has 0 bridgehead atoms. The number of hydrogen-bond donors (Lipinski definition) is 3. The van der Waals surface area contributed by atoms with Crippen LogP contribution < -0.4 is 20.4 Å². The van der Waals surface area contributed by atoms with Crippen LogP contribution in [0.1, 0.15) is 84.9 Å². The molecule has 22 heteroatoms. The number of nitrogens with zero attached hydrogens (tertiary/aromatic N) is 8. The predicted octanol–water partition coefficient (Wildman–Crippen LogP) is 4.64. The lowest BCUT2D eigenvalue weighted by Gasteiger charge is -2.40. The molecule has 2 unspecified atom stereocenters. The molecule has 2 atom stereocenters. The van der Waals surface area contributed by atoms with Crippen molar-refractivity contribution < 1.29 is 62.4 Å². The van der Waals surface area contributed by atoms with Gasteiger partial charge in [-0.1, -0.05) is 12.1 Å². The summed E-state index contributed by atoms with van der Waals surface area (Å²) >= 11 is 1.12. The number of aromatic hydroxyl groups is 1. The second-order valence-corrected chi connectivity index (χ2v) is 17.2. The number of halogens is 4. The Bertz CT molecular complexity index is 3280. The molecule has 5 aliphatic rings. The van der Waals surface area contributed by atoms with Gasteiger partial charge in [0.05, 0.1) is 22.3 Å². The van der Waals surface area contributed by atoms with Crippen LogP contribution in [0.4, 0.5) is 34.2 Å². The molecule has 3 aromatic carbocycles. The number of piperidine rings is 2. The lowest BCUT2D eigenvalue weighted by molar-refractivity contribution is -0.136. The molecule has 5 aromatic rings. The molecule has 10 rings (SSSR count). The molecule has 3 N–H and O–H groups in total. The highest BCUT2D eigenvalue weighted by atomic mass is 32.1. The van der Waals surface area contributed by atoms with Crippen molar-refractivity contribution in [2.75, 3.05) is 60.7 Å². The number of hydrogen-bond acceptors (Lipinski definition) is 14. The number of carbonyl (C=O) groups excluding carboxylic acids is 6. The first-order valence-electron chi connectivity index (χ1n) is 25.0. The fourth-order valence-electron chi connectivity index (χ4n) is 8.87. The first-order valence-corrected chi connectivity index (χ1v) is 21.9. The van der Waals surface area contributed by atoms with Crippen molar-refractivity contribution in [3.8, 4) is 17.0 Å². The number of piperazine rings is 1. The number of amides is 6. The smallest absolute Gasteiger partial charge is 0.265 e. The lowest BCUT2D eigenvalue weighted by Crippen LogP contribution is -2.54. The van der Waals surface area contributed by atoms with E-state index in [2.05, 4.69) is 20.5 Å². The van der Waals surface area contributed by atoms with Gasteiger partial charge in [-0.3, -0.25) is 49.2 Å². The second-order valence-electron chi connectivity index (χ2n) is 16.3. The van der Waals surface area contributed by atoms with Crippen molar-refractivity contribution in [1.29, 1.82) is 0 Å². The van der Waals surface area contributed by atoms with Crippen LogP contribution in [0.3, 0.4) is 0 Å². The van der Waals surface area contributed by atoms with E-state index in [1.54, 1.807) is 40.6 Å². The van der Waals surface area contributed by atoms with E-state index in [1.165, 1.54) is 11.1 Å². The Hall–Kier alpha value is -7.33. The van der Waals surface area contributed by atoms with E-state index in [9.17, 15) is 38.3 Å². The van der Waals surface area contributed by atoms with Gasteiger partial charge in [0.1, 0.15) is 29.3 Å². The quantitative estimate of drug-likeness (QED) is 0.0995. The zero-order valence-corrected chi connectivity index (χ0v) is 35.9. The molecule has 0 saturated carbocycles. The molecule has 2 aromatic heterocycles. The van der Waals surface area contributed by atoms with E-state index in [-0.39, 0.29) is 58.5 Å². The average molecular weight is 961 g/mol. The molecule has 3 saturated heterocycles. The number of phenols is 1. The Morgan fingerprint density at radius 2 is 1.62 bits per heavy atom. The van der Waals surface area contributed by atoms with Gasteiger partial charge in [0.15, 0.2) is 28.4 Å². The molecular weight excluding hydrogens is 913 g/mol. The summed E-state index contributed by atoms with van der Waals surface area (Å²) < 4.78 is 134. The minimum atomic E-state index is -3.95. The Kier molecular flexibility index (Phi) is 9.33. The highest BCUT2D eigenvalue weighted by molar-refractivity contribution is 7.13. The third-order valence-electron chi connectivity index (χ3n) is 12.3. The van der Waals surface area contributed by atoms with Crippen molar-refractivity contribution in [2.45, 2.75) is 44.3 Å². The number of fused-ring (bicyclic) bond motifs is 2. The maximum Gasteiger partial charge on any atom is 0.265 e. The average Bonchev–Trinajstić information content (AvgIpc) is 4.21. The van der Waals surface area contributed by atoms with Gasteiger partial charge in [0.25, 0.3) is 23.6 Å². The van der Waals surface area contributed by atoms with Crippen molar-refractivity contribution in [2.24, 2.45) is 5.92 Å². The van der Waals surface area contributed by atoms with Crippen LogP contribution >= 0.6 is 11.3 Å². The Balaban J connectivity index is 0.834. The maximum absolute atomic E-state index is 16.7. The van der Waals surface area contributed by atoms with Crippen LogP contribution in [0.5, 0.6) is 5.75 Å². The highest BCUT2D eigenvalue weighted by Crippen LogP contribution is 2.40. The van der Waals surface area contributed by atoms with Crippen molar-refractivity contribution in [3.63, 3.8) is 0 Å². The van der Waals surface area contributed by atoms with Gasteiger partial charge in [-0.2, -0.15) is 0 Å². The summed E-state index contributed by atoms with van der Waals surface area (Å²) in [6.07, 6.45) is 0.962. The molecule has 6 amide bonds. The van der Waals surface area contributed by atoms with Crippen LogP contribution in [0.15, 0.2) is 60.1 Å². The summed E-state index contributed by atoms with van der Waals surface area (Å²) in [6.45, 7) is -15.5. The van der Waals surface area contributed by atoms with Crippen LogP contribution in [0.25, 0.3) is 11.3 Å². The fourth-order valence-corrected chi connectivity index (χ4v) is 9.40. The Morgan fingerprint density at radius 3 is 2.31 bits per heavy atom. The summed E-state index contributed by atoms with van der Waals surface area (Å²) in [6, 6.07) is 8.05. The van der Waals surface area contributed by atoms with Gasteiger partial charge >= 0.3 is 0 Å². The minimum Gasteiger partial charge on any atom is -0.508 e. The number of phenolic OH excluding ortho intramolecular Hbond substituents is 1. The summed E-state index contributed by atoms with van der Waals surface area (Å²) in [4.78, 5) is 85.7. The Labute approximate surface area is 399 Å². The molecule has 0 radical (unpaired) electrons. The van der Waals surface area contributed by atoms with Gasteiger partial charge in [-0.05, 0) is 67.1 Å². The van der Waals surface area contributed by atoms with Gasteiger partial charge in [0.2, 0.25) is 11.8 Å². The number of aromatic nitrogens is 3. The number of benzene rings is 3. The summed E-state index contributed by atoms with van der Waals surface area (Å²) in [5, 5.41) is 25.8. The summed E-state index contributed by atoms with van der Waals surface area (Å²) in [7, 11) is 0. The van der Waals surface area contributed by atoms with Crippen LogP contribution in [0, 0.1) is 29.2 Å². The van der Waals surface area contributed by atoms with Crippen molar-refractivity contribution in [3.05, 3.63) is 111 Å². The van der Waals surface area contributed by atoms with Gasteiger partial charge in [0, 0.05) is 92.3 Å². The molecule has 5 aliphatic heterocycles. The number of carbonyl (C=O) groups is 6. The first-order chi connectivity index (χ1) is 35.8. The molecule has 0 aliphatic carbocycles. The number of anilines is 3. The van der Waals surface area contributed by atoms with E-state index in [0.29, 0.717) is 22.6 Å². The van der Waals surface area contributed by atoms with Crippen molar-refractivity contribution >= 4 is 63.4 Å². The van der Waals surface area contributed by atoms with Gasteiger partial charge in [-0.25, -0.2) is 22.5 Å². The number of nitrogens with one attached hydrogen (secondary N) is 2. The second kappa shape index (κ2) is 17.7. The zero-order valence-electron chi connectivity index (χ0n) is 43.1. The topological polar surface area (TPSA) is 202 Å². The monoisotopic (exact) mass is 960 g/mol. The SMILES string of the molecule is [2H]C1([2H])N(CC2CCN(c3ccc(-c4ccc5c(c4)C(=O)N(C(C(=O)Nc4nccs4)c4cc(F)ccc4O)C5)nn3)CC2)C([2H])([2H])C([2H])([2H])N(c2c(F)c(F)c3c(c2F)C(=O)N(C2CCC(=O)NC2=O)C3=O)C1([2H])[2H]. The standard InChI is InChI=1S/C46H40F4N10O7S/c47-26-3-6-31(61)28(20-26)39(42(64)53-46-51-11-18-68-46)59-22-25-2-1-24(19-27(25)43(59)65)29-4-7-32(55-54-29)57-12-9-23(10-13-57)21-56-14-16-58(17-15-56)40-37(49)35-34(36(48)38(40)50)44(66)60(45(35)67)30-5-8-33(62)52-41(30)63/h1-4,6-7,11,18-20,23,30,39,61H,5,8-10,12-17,21-22H2,(H,51,53,64)(H,52,62,63)/i14D2,15D2,16D2,17D2. The minimum absolute atomic E-state index is 0.0634. The number of thiazole rings is 1. The van der Waals surface area contributed by atoms with Gasteiger partial charge in [-0.15, -0.1) is 21.5 Å². The maximum atomic E-state index is 16.7. The third kappa shape index (κ3) is 7.95. The fraction of sp³-hybridized carbons (Fsp3) is 0.326. The van der Waals surface area contributed by atoms with E-state index in [0.717, 1.165) is 29.5 Å². The van der Waals surface area contributed by atoms with Gasteiger partial charge < -0.3 is 19.8 Å². The zero-order chi connectivity index (χ0) is 54.7. The molecule has 0 spiro atoms. The van der Waals surface area contributed by atoms with Crippen LogP contribution in [-0.2, 0) is 20.9 Å². The van der Waals surface area contributed by atoms with E-state index >= 15 is 13.2 Å². The van der Waals surface area contributed by atoms with Crippen molar-refractivity contribution in [1.82, 2.24) is 35.2 Å². The normalized spacial score (nSPS) is 24.1. The number of rotatable bonds is 10. The number of imide groups is 2. The Morgan fingerprint density at radius 1 is 0.868 bits per heavy atom. The third-order valence-corrected chi connectivity index (χ3v) is 13.0. The molecule has 68 heavy (non-hydrogen) atoms. The summed E-state index contributed by atoms with van der Waals surface area (Å²) in [5.74, 6) is -15.1. The molecular formula is C46H40F4N10O7S. The van der Waals surface area contributed by atoms with E-state index in [1.807, 2.05) is 5.32 Å². The van der Waals surface area contributed by atoms with E-state index < -0.39 is 150 Å². The first kappa shape index (κ1) is 35.8. The molecule has 3 fully saturated rings. The largest absolute Gasteiger partial charge is 0.508 e. The lowest BCUT2D eigenvalue weighted by atomic mass is 9.96. The predicted molar refractivity (Wildman–Crippen MR) is 235 cm³/mol. The molecule has 7 heterocycles. The molecule has 17 nitrogen and oxygen atoms in total. The molecule has 350 valence electrons. The summed E-state index contributed by atoms with van der Waals surface area (Å²) in [5.41, 5.74) is -3.65.